The highest BCUT2D eigenvalue weighted by atomic mass is 32.1. The molecule has 10 rings (SSSR count). The van der Waals surface area contributed by atoms with Crippen molar-refractivity contribution in [3.63, 3.8) is 0 Å². The minimum absolute atomic E-state index is 0.672. The summed E-state index contributed by atoms with van der Waals surface area (Å²) < 4.78 is 4.89. The van der Waals surface area contributed by atoms with Crippen molar-refractivity contribution in [1.82, 2.24) is 14.5 Å². The van der Waals surface area contributed by atoms with Gasteiger partial charge < -0.3 is 0 Å². The molecule has 0 spiro atoms. The number of fused-ring (bicyclic) bond motifs is 12. The SMILES string of the molecule is c1ccc(-c2cc(-c3ccccc3)nc(-n3c4c5ccccc5ccc4c4c5ccccc5c5c6ccccc6sc5c43)n2)cc1. The molecule has 0 amide bonds. The molecule has 0 atom stereocenters. The number of nitrogens with zero attached hydrogens (tertiary/aromatic N) is 3. The number of hydrogen-bond donors (Lipinski definition) is 0. The largest absolute Gasteiger partial charge is 0.276 e. The second kappa shape index (κ2) is 9.83. The van der Waals surface area contributed by atoms with E-state index in [1.807, 2.05) is 23.5 Å². The molecule has 0 saturated heterocycles. The van der Waals surface area contributed by atoms with Gasteiger partial charge in [-0.05, 0) is 28.3 Å². The number of rotatable bonds is 3. The summed E-state index contributed by atoms with van der Waals surface area (Å²) in [5.41, 5.74) is 6.21. The zero-order valence-electron chi connectivity index (χ0n) is 24.7. The van der Waals surface area contributed by atoms with E-state index in [-0.39, 0.29) is 0 Å². The molecule has 0 N–H and O–H groups in total. The first-order chi connectivity index (χ1) is 22.8. The molecule has 0 saturated carbocycles. The summed E-state index contributed by atoms with van der Waals surface area (Å²) >= 11 is 1.86. The molecule has 0 aliphatic heterocycles. The van der Waals surface area contributed by atoms with Crippen LogP contribution in [0.4, 0.5) is 0 Å². The third-order valence-corrected chi connectivity index (χ3v) is 10.4. The first-order valence-corrected chi connectivity index (χ1v) is 16.3. The van der Waals surface area contributed by atoms with Crippen LogP contribution in [0.25, 0.3) is 92.0 Å². The second-order valence-electron chi connectivity index (χ2n) is 11.8. The van der Waals surface area contributed by atoms with E-state index in [1.165, 1.54) is 52.5 Å². The van der Waals surface area contributed by atoms with E-state index < -0.39 is 0 Å². The van der Waals surface area contributed by atoms with Crippen LogP contribution in [0.5, 0.6) is 0 Å². The monoisotopic (exact) mass is 603 g/mol. The van der Waals surface area contributed by atoms with Crippen molar-refractivity contribution in [2.45, 2.75) is 0 Å². The maximum atomic E-state index is 5.38. The van der Waals surface area contributed by atoms with Crippen LogP contribution < -0.4 is 0 Å². The van der Waals surface area contributed by atoms with Gasteiger partial charge >= 0.3 is 0 Å². The van der Waals surface area contributed by atoms with Crippen LogP contribution in [0, 0.1) is 0 Å². The van der Waals surface area contributed by atoms with E-state index in [2.05, 4.69) is 144 Å². The summed E-state index contributed by atoms with van der Waals surface area (Å²) in [5, 5.41) is 9.92. The fourth-order valence-corrected chi connectivity index (χ4v) is 8.44. The molecule has 10 aromatic rings. The molecule has 3 heterocycles. The fraction of sp³-hybridized carbons (Fsp3) is 0. The van der Waals surface area contributed by atoms with Crippen LogP contribution in [-0.4, -0.2) is 14.5 Å². The van der Waals surface area contributed by atoms with Crippen LogP contribution >= 0.6 is 11.3 Å². The summed E-state index contributed by atoms with van der Waals surface area (Å²) in [6.45, 7) is 0. The lowest BCUT2D eigenvalue weighted by atomic mass is 9.98. The van der Waals surface area contributed by atoms with E-state index in [1.54, 1.807) is 0 Å². The Bertz CT molecular complexity index is 2740. The zero-order chi connectivity index (χ0) is 30.2. The van der Waals surface area contributed by atoms with E-state index >= 15 is 0 Å². The third kappa shape index (κ3) is 3.65. The molecule has 4 heteroatoms. The first kappa shape index (κ1) is 25.5. The average molecular weight is 604 g/mol. The maximum absolute atomic E-state index is 5.38. The van der Waals surface area contributed by atoms with E-state index in [4.69, 9.17) is 9.97 Å². The standard InChI is InChI=1S/C42H25N3S/c1-3-14-27(15-4-1)34-25-35(28-16-5-2-6-17-28)44-42(43-34)45-39-29-18-8-7-13-26(29)23-24-33(39)37-30-19-9-10-20-31(30)38-32-21-11-12-22-36(32)46-41(38)40(37)45/h1-25H. The quantitative estimate of drug-likeness (QED) is 0.201. The maximum Gasteiger partial charge on any atom is 0.235 e. The molecule has 7 aromatic carbocycles. The van der Waals surface area contributed by atoms with Gasteiger partial charge in [0.15, 0.2) is 0 Å². The highest BCUT2D eigenvalue weighted by Gasteiger charge is 2.24. The van der Waals surface area contributed by atoms with Gasteiger partial charge in [0.2, 0.25) is 5.95 Å². The van der Waals surface area contributed by atoms with E-state index in [0.717, 1.165) is 33.5 Å². The van der Waals surface area contributed by atoms with Gasteiger partial charge in [0.05, 0.1) is 27.1 Å². The average Bonchev–Trinajstić information content (AvgIpc) is 3.70. The molecule has 3 aromatic heterocycles. The van der Waals surface area contributed by atoms with Crippen molar-refractivity contribution in [1.29, 1.82) is 0 Å². The minimum Gasteiger partial charge on any atom is -0.276 e. The van der Waals surface area contributed by atoms with Crippen molar-refractivity contribution < 1.29 is 0 Å². The molecule has 3 nitrogen and oxygen atoms in total. The Hall–Kier alpha value is -5.84. The Morgan fingerprint density at radius 3 is 1.70 bits per heavy atom. The van der Waals surface area contributed by atoms with Gasteiger partial charge in [-0.2, -0.15) is 0 Å². The lowest BCUT2D eigenvalue weighted by Crippen LogP contribution is -2.04. The van der Waals surface area contributed by atoms with Crippen LogP contribution in [0.15, 0.2) is 152 Å². The number of aromatic nitrogens is 3. The molecule has 0 aliphatic rings. The molecule has 214 valence electrons. The van der Waals surface area contributed by atoms with Crippen LogP contribution in [-0.2, 0) is 0 Å². The molecule has 0 unspecified atom stereocenters. The fourth-order valence-electron chi connectivity index (χ4n) is 7.18. The Morgan fingerprint density at radius 1 is 0.435 bits per heavy atom. The van der Waals surface area contributed by atoms with Gasteiger partial charge in [-0.3, -0.25) is 4.57 Å². The van der Waals surface area contributed by atoms with Crippen molar-refractivity contribution in [3.8, 4) is 28.5 Å². The second-order valence-corrected chi connectivity index (χ2v) is 12.8. The van der Waals surface area contributed by atoms with Gasteiger partial charge in [0.1, 0.15) is 0 Å². The van der Waals surface area contributed by atoms with Crippen LogP contribution in [0.1, 0.15) is 0 Å². The van der Waals surface area contributed by atoms with Crippen molar-refractivity contribution >= 4 is 74.9 Å². The predicted molar refractivity (Wildman–Crippen MR) is 195 cm³/mol. The number of thiophene rings is 1. The van der Waals surface area contributed by atoms with E-state index in [9.17, 15) is 0 Å². The molecular formula is C42H25N3S. The highest BCUT2D eigenvalue weighted by Crippen LogP contribution is 2.48. The van der Waals surface area contributed by atoms with Gasteiger partial charge in [0.25, 0.3) is 0 Å². The van der Waals surface area contributed by atoms with E-state index in [0.29, 0.717) is 5.95 Å². The molecular weight excluding hydrogens is 579 g/mol. The number of benzene rings is 7. The van der Waals surface area contributed by atoms with Gasteiger partial charge in [-0.15, -0.1) is 11.3 Å². The summed E-state index contributed by atoms with van der Waals surface area (Å²) in [4.78, 5) is 10.8. The lowest BCUT2D eigenvalue weighted by Gasteiger charge is -2.13. The summed E-state index contributed by atoms with van der Waals surface area (Å²) in [6.07, 6.45) is 0. The smallest absolute Gasteiger partial charge is 0.235 e. The van der Waals surface area contributed by atoms with Crippen molar-refractivity contribution in [2.24, 2.45) is 0 Å². The zero-order valence-corrected chi connectivity index (χ0v) is 25.5. The summed E-state index contributed by atoms with van der Waals surface area (Å²) in [6, 6.07) is 53.9. The Labute approximate surface area is 268 Å². The van der Waals surface area contributed by atoms with Crippen molar-refractivity contribution in [2.75, 3.05) is 0 Å². The predicted octanol–water partition coefficient (Wildman–Crippen LogP) is 11.6. The summed E-state index contributed by atoms with van der Waals surface area (Å²) in [7, 11) is 0. The van der Waals surface area contributed by atoms with Crippen LogP contribution in [0.3, 0.4) is 0 Å². The third-order valence-electron chi connectivity index (χ3n) is 9.18. The van der Waals surface area contributed by atoms with Gasteiger partial charge in [-0.25, -0.2) is 9.97 Å². The topological polar surface area (TPSA) is 30.7 Å². The van der Waals surface area contributed by atoms with Crippen LogP contribution in [0.2, 0.25) is 0 Å². The molecule has 0 bridgehead atoms. The lowest BCUT2D eigenvalue weighted by molar-refractivity contribution is 1.00. The normalized spacial score (nSPS) is 11.9. The van der Waals surface area contributed by atoms with Crippen molar-refractivity contribution in [3.05, 3.63) is 152 Å². The van der Waals surface area contributed by atoms with Gasteiger partial charge in [0, 0.05) is 42.8 Å². The Morgan fingerprint density at radius 2 is 1.00 bits per heavy atom. The molecule has 46 heavy (non-hydrogen) atoms. The summed E-state index contributed by atoms with van der Waals surface area (Å²) in [5.74, 6) is 0.672. The molecule has 0 aliphatic carbocycles. The highest BCUT2D eigenvalue weighted by molar-refractivity contribution is 7.27. The van der Waals surface area contributed by atoms with Gasteiger partial charge in [-0.1, -0.05) is 140 Å². The Balaban J connectivity index is 1.47. The number of hydrogen-bond acceptors (Lipinski definition) is 3. The molecule has 0 radical (unpaired) electrons. The Kier molecular flexibility index (Phi) is 5.45. The first-order valence-electron chi connectivity index (χ1n) is 15.5. The molecule has 0 fully saturated rings. The minimum atomic E-state index is 0.672.